The molecule has 6 heteroatoms. The highest BCUT2D eigenvalue weighted by atomic mass is 16.5. The van der Waals surface area contributed by atoms with E-state index in [2.05, 4.69) is 5.32 Å². The molecule has 6 nitrogen and oxygen atoms in total. The molecule has 1 amide bonds. The molecule has 2 heterocycles. The molecule has 2 aliphatic heterocycles. The molecular formula is C14H24N2O4. The number of rotatable bonds is 5. The number of carbonyl (C=O) groups is 2. The Labute approximate surface area is 119 Å². The highest BCUT2D eigenvalue weighted by Gasteiger charge is 2.38. The predicted molar refractivity (Wildman–Crippen MR) is 73.3 cm³/mol. The topological polar surface area (TPSA) is 78.9 Å². The van der Waals surface area contributed by atoms with Crippen molar-refractivity contribution in [1.29, 1.82) is 0 Å². The van der Waals surface area contributed by atoms with Gasteiger partial charge in [0.15, 0.2) is 0 Å². The molecular weight excluding hydrogens is 260 g/mol. The molecule has 3 unspecified atom stereocenters. The quantitative estimate of drug-likeness (QED) is 0.760. The largest absolute Gasteiger partial charge is 0.481 e. The van der Waals surface area contributed by atoms with Gasteiger partial charge in [-0.15, -0.1) is 0 Å². The van der Waals surface area contributed by atoms with Gasteiger partial charge in [0.25, 0.3) is 0 Å². The molecule has 0 aromatic rings. The summed E-state index contributed by atoms with van der Waals surface area (Å²) in [7, 11) is 1.69. The molecule has 0 aromatic heterocycles. The highest BCUT2D eigenvalue weighted by molar-refractivity contribution is 5.78. The third kappa shape index (κ3) is 3.70. The summed E-state index contributed by atoms with van der Waals surface area (Å²) in [5.41, 5.74) is 0. The maximum Gasteiger partial charge on any atom is 0.311 e. The first-order chi connectivity index (χ1) is 9.59. The third-order valence-electron chi connectivity index (χ3n) is 4.42. The number of carboxylic acid groups (broad SMARTS) is 1. The highest BCUT2D eigenvalue weighted by Crippen LogP contribution is 2.21. The van der Waals surface area contributed by atoms with Crippen LogP contribution in [0, 0.1) is 11.8 Å². The molecule has 0 spiro atoms. The second-order valence-corrected chi connectivity index (χ2v) is 5.81. The van der Waals surface area contributed by atoms with Crippen molar-refractivity contribution in [2.45, 2.75) is 31.7 Å². The summed E-state index contributed by atoms with van der Waals surface area (Å²) in [5.74, 6) is -0.891. The first-order valence-electron chi connectivity index (χ1n) is 7.36. The number of hydrogen-bond donors (Lipinski definition) is 2. The Morgan fingerprint density at radius 1 is 1.40 bits per heavy atom. The Balaban J connectivity index is 1.80. The van der Waals surface area contributed by atoms with Crippen LogP contribution in [0.3, 0.4) is 0 Å². The molecule has 2 N–H and O–H groups in total. The third-order valence-corrected chi connectivity index (χ3v) is 4.42. The van der Waals surface area contributed by atoms with Crippen molar-refractivity contribution in [3.8, 4) is 0 Å². The first-order valence-corrected chi connectivity index (χ1v) is 7.36. The lowest BCUT2D eigenvalue weighted by atomic mass is 9.94. The van der Waals surface area contributed by atoms with E-state index in [4.69, 9.17) is 9.84 Å². The SMILES string of the molecule is CN(C(=O)CCC1CCCNC1)C1COCC1C(=O)O. The molecule has 0 radical (unpaired) electrons. The average molecular weight is 284 g/mol. The number of aliphatic carboxylic acids is 1. The second-order valence-electron chi connectivity index (χ2n) is 5.81. The van der Waals surface area contributed by atoms with E-state index in [9.17, 15) is 9.59 Å². The first kappa shape index (κ1) is 15.3. The van der Waals surface area contributed by atoms with Gasteiger partial charge in [0.1, 0.15) is 5.92 Å². The van der Waals surface area contributed by atoms with Gasteiger partial charge in [0.2, 0.25) is 5.91 Å². The van der Waals surface area contributed by atoms with Crippen molar-refractivity contribution >= 4 is 11.9 Å². The smallest absolute Gasteiger partial charge is 0.311 e. The normalized spacial score (nSPS) is 30.1. The van der Waals surface area contributed by atoms with Gasteiger partial charge in [-0.2, -0.15) is 0 Å². The molecule has 0 aliphatic carbocycles. The molecule has 2 aliphatic rings. The van der Waals surface area contributed by atoms with E-state index >= 15 is 0 Å². The van der Waals surface area contributed by atoms with Gasteiger partial charge >= 0.3 is 5.97 Å². The van der Waals surface area contributed by atoms with Crippen molar-refractivity contribution < 1.29 is 19.4 Å². The molecule has 0 aromatic carbocycles. The van der Waals surface area contributed by atoms with Gasteiger partial charge in [0.05, 0.1) is 19.3 Å². The van der Waals surface area contributed by atoms with E-state index < -0.39 is 11.9 Å². The van der Waals surface area contributed by atoms with Gasteiger partial charge in [-0.05, 0) is 38.3 Å². The lowest BCUT2D eigenvalue weighted by Gasteiger charge is -2.28. The van der Waals surface area contributed by atoms with Gasteiger partial charge in [-0.3, -0.25) is 9.59 Å². The fourth-order valence-corrected chi connectivity index (χ4v) is 3.02. The Morgan fingerprint density at radius 3 is 2.85 bits per heavy atom. The molecule has 0 bridgehead atoms. The van der Waals surface area contributed by atoms with Crippen LogP contribution < -0.4 is 5.32 Å². The number of likely N-dealkylation sites (N-methyl/N-ethyl adjacent to an activating group) is 1. The zero-order valence-electron chi connectivity index (χ0n) is 12.0. The van der Waals surface area contributed by atoms with Crippen LogP contribution in [0.1, 0.15) is 25.7 Å². The van der Waals surface area contributed by atoms with Gasteiger partial charge in [-0.1, -0.05) is 0 Å². The number of nitrogens with zero attached hydrogens (tertiary/aromatic N) is 1. The van der Waals surface area contributed by atoms with E-state index in [1.165, 1.54) is 12.8 Å². The van der Waals surface area contributed by atoms with Crippen molar-refractivity contribution in [1.82, 2.24) is 10.2 Å². The number of piperidine rings is 1. The van der Waals surface area contributed by atoms with Gasteiger partial charge in [0, 0.05) is 13.5 Å². The van der Waals surface area contributed by atoms with Crippen LogP contribution >= 0.6 is 0 Å². The Kier molecular flexibility index (Phi) is 5.37. The number of amides is 1. The van der Waals surface area contributed by atoms with Gasteiger partial charge in [-0.25, -0.2) is 0 Å². The summed E-state index contributed by atoms with van der Waals surface area (Å²) in [6, 6.07) is -0.329. The summed E-state index contributed by atoms with van der Waals surface area (Å²) in [6.07, 6.45) is 3.72. The zero-order chi connectivity index (χ0) is 14.5. The number of hydrogen-bond acceptors (Lipinski definition) is 4. The van der Waals surface area contributed by atoms with E-state index in [0.717, 1.165) is 19.5 Å². The molecule has 0 saturated carbocycles. The van der Waals surface area contributed by atoms with E-state index in [1.54, 1.807) is 11.9 Å². The maximum absolute atomic E-state index is 12.2. The van der Waals surface area contributed by atoms with E-state index in [-0.39, 0.29) is 18.6 Å². The minimum atomic E-state index is -0.886. The fourth-order valence-electron chi connectivity index (χ4n) is 3.02. The molecule has 2 rings (SSSR count). The van der Waals surface area contributed by atoms with E-state index in [1.807, 2.05) is 0 Å². The summed E-state index contributed by atoms with van der Waals surface area (Å²) in [6.45, 7) is 2.58. The molecule has 2 saturated heterocycles. The lowest BCUT2D eigenvalue weighted by molar-refractivity contribution is -0.144. The van der Waals surface area contributed by atoms with Crippen LogP contribution in [0.2, 0.25) is 0 Å². The Bertz CT molecular complexity index is 355. The lowest BCUT2D eigenvalue weighted by Crippen LogP contribution is -2.44. The molecule has 20 heavy (non-hydrogen) atoms. The zero-order valence-corrected chi connectivity index (χ0v) is 12.0. The van der Waals surface area contributed by atoms with Crippen LogP contribution in [-0.2, 0) is 14.3 Å². The summed E-state index contributed by atoms with van der Waals surface area (Å²) in [4.78, 5) is 24.9. The molecule has 3 atom stereocenters. The summed E-state index contributed by atoms with van der Waals surface area (Å²) < 4.78 is 5.21. The fraction of sp³-hybridized carbons (Fsp3) is 0.857. The van der Waals surface area contributed by atoms with Crippen LogP contribution in [0.5, 0.6) is 0 Å². The monoisotopic (exact) mass is 284 g/mol. The Hall–Kier alpha value is -1.14. The predicted octanol–water partition coefficient (Wildman–Crippen LogP) is 0.324. The maximum atomic E-state index is 12.2. The number of carboxylic acids is 1. The van der Waals surface area contributed by atoms with Gasteiger partial charge < -0.3 is 20.1 Å². The second kappa shape index (κ2) is 7.04. The van der Waals surface area contributed by atoms with Crippen molar-refractivity contribution in [2.75, 3.05) is 33.4 Å². The van der Waals surface area contributed by atoms with Crippen molar-refractivity contribution in [3.63, 3.8) is 0 Å². The summed E-state index contributed by atoms with van der Waals surface area (Å²) in [5, 5.41) is 12.5. The van der Waals surface area contributed by atoms with Crippen LogP contribution in [0.4, 0.5) is 0 Å². The number of nitrogens with one attached hydrogen (secondary N) is 1. The Morgan fingerprint density at radius 2 is 2.20 bits per heavy atom. The standard InChI is InChI=1S/C14H24N2O4/c1-16(12-9-20-8-11(12)14(18)19)13(17)5-4-10-3-2-6-15-7-10/h10-12,15H,2-9H2,1H3,(H,18,19). The number of ether oxygens (including phenoxy) is 1. The minimum absolute atomic E-state index is 0.0253. The van der Waals surface area contributed by atoms with Crippen molar-refractivity contribution in [3.05, 3.63) is 0 Å². The average Bonchev–Trinajstić information content (AvgIpc) is 2.94. The van der Waals surface area contributed by atoms with Crippen LogP contribution in [-0.4, -0.2) is 61.3 Å². The molecule has 2 fully saturated rings. The van der Waals surface area contributed by atoms with Crippen molar-refractivity contribution in [2.24, 2.45) is 11.8 Å². The van der Waals surface area contributed by atoms with Crippen LogP contribution in [0.15, 0.2) is 0 Å². The van der Waals surface area contributed by atoms with E-state index in [0.29, 0.717) is 18.9 Å². The number of carbonyl (C=O) groups excluding carboxylic acids is 1. The summed E-state index contributed by atoms with van der Waals surface area (Å²) >= 11 is 0. The molecule has 114 valence electrons. The minimum Gasteiger partial charge on any atom is -0.481 e. The van der Waals surface area contributed by atoms with Crippen LogP contribution in [0.25, 0.3) is 0 Å².